The van der Waals surface area contributed by atoms with Crippen molar-refractivity contribution in [2.75, 3.05) is 18.9 Å². The molecule has 2 N–H and O–H groups in total. The lowest BCUT2D eigenvalue weighted by Crippen LogP contribution is -2.12. The summed E-state index contributed by atoms with van der Waals surface area (Å²) in [7, 11) is 0. The Kier molecular flexibility index (Phi) is 7.12. The Morgan fingerprint density at radius 3 is 2.94 bits per heavy atom. The SMILES string of the molecule is CCNCc1ccc(Br)cc1SCCCO. The molecule has 0 aromatic heterocycles. The number of hydrogen-bond donors (Lipinski definition) is 2. The van der Waals surface area contributed by atoms with Gasteiger partial charge in [-0.25, -0.2) is 0 Å². The van der Waals surface area contributed by atoms with Crippen molar-refractivity contribution in [1.29, 1.82) is 0 Å². The summed E-state index contributed by atoms with van der Waals surface area (Å²) in [4.78, 5) is 1.30. The average Bonchev–Trinajstić information content (AvgIpc) is 2.28. The molecule has 16 heavy (non-hydrogen) atoms. The molecular formula is C12H18BrNOS. The second-order valence-electron chi connectivity index (χ2n) is 3.46. The minimum absolute atomic E-state index is 0.267. The lowest BCUT2D eigenvalue weighted by molar-refractivity contribution is 0.296. The van der Waals surface area contributed by atoms with Crippen LogP contribution >= 0.6 is 27.7 Å². The zero-order valence-corrected chi connectivity index (χ0v) is 11.9. The minimum Gasteiger partial charge on any atom is -0.396 e. The van der Waals surface area contributed by atoms with Crippen LogP contribution in [0.2, 0.25) is 0 Å². The maximum absolute atomic E-state index is 8.77. The van der Waals surface area contributed by atoms with Gasteiger partial charge in [-0.1, -0.05) is 28.9 Å². The van der Waals surface area contributed by atoms with Crippen molar-refractivity contribution in [3.63, 3.8) is 0 Å². The van der Waals surface area contributed by atoms with Crippen LogP contribution in [0.25, 0.3) is 0 Å². The van der Waals surface area contributed by atoms with E-state index in [-0.39, 0.29) is 6.61 Å². The van der Waals surface area contributed by atoms with Crippen molar-refractivity contribution in [2.24, 2.45) is 0 Å². The molecule has 0 amide bonds. The van der Waals surface area contributed by atoms with E-state index in [0.717, 1.165) is 29.7 Å². The van der Waals surface area contributed by atoms with Gasteiger partial charge < -0.3 is 10.4 Å². The first-order valence-electron chi connectivity index (χ1n) is 5.50. The molecule has 0 aliphatic rings. The number of rotatable bonds is 7. The third kappa shape index (κ3) is 4.87. The molecule has 0 bridgehead atoms. The van der Waals surface area contributed by atoms with E-state index in [1.54, 1.807) is 11.8 Å². The number of halogens is 1. The van der Waals surface area contributed by atoms with E-state index in [1.807, 2.05) is 0 Å². The van der Waals surface area contributed by atoms with Crippen LogP contribution in [0.5, 0.6) is 0 Å². The molecular weight excluding hydrogens is 286 g/mol. The van der Waals surface area contributed by atoms with Crippen LogP contribution in [0.4, 0.5) is 0 Å². The van der Waals surface area contributed by atoms with Gasteiger partial charge in [-0.05, 0) is 30.7 Å². The topological polar surface area (TPSA) is 32.3 Å². The van der Waals surface area contributed by atoms with Gasteiger partial charge in [0.25, 0.3) is 0 Å². The third-order valence-corrected chi connectivity index (χ3v) is 3.83. The fraction of sp³-hybridized carbons (Fsp3) is 0.500. The monoisotopic (exact) mass is 303 g/mol. The standard InChI is InChI=1S/C12H18BrNOS/c1-2-14-9-10-4-5-11(13)8-12(10)16-7-3-6-15/h4-5,8,14-15H,2-3,6-7,9H2,1H3. The minimum atomic E-state index is 0.267. The molecule has 2 nitrogen and oxygen atoms in total. The molecule has 1 aromatic carbocycles. The Bertz CT molecular complexity index is 320. The van der Waals surface area contributed by atoms with E-state index in [1.165, 1.54) is 10.5 Å². The number of hydrogen-bond acceptors (Lipinski definition) is 3. The average molecular weight is 304 g/mol. The van der Waals surface area contributed by atoms with Gasteiger partial charge in [-0.15, -0.1) is 11.8 Å². The largest absolute Gasteiger partial charge is 0.396 e. The highest BCUT2D eigenvalue weighted by Crippen LogP contribution is 2.27. The van der Waals surface area contributed by atoms with Crippen LogP contribution < -0.4 is 5.32 Å². The van der Waals surface area contributed by atoms with Crippen molar-refractivity contribution >= 4 is 27.7 Å². The maximum atomic E-state index is 8.77. The van der Waals surface area contributed by atoms with E-state index in [0.29, 0.717) is 0 Å². The van der Waals surface area contributed by atoms with Crippen LogP contribution in [0.3, 0.4) is 0 Å². The first-order valence-corrected chi connectivity index (χ1v) is 7.28. The van der Waals surface area contributed by atoms with Crippen molar-refractivity contribution < 1.29 is 5.11 Å². The molecule has 0 saturated carbocycles. The van der Waals surface area contributed by atoms with Gasteiger partial charge in [0.2, 0.25) is 0 Å². The molecule has 4 heteroatoms. The number of aliphatic hydroxyl groups is 1. The summed E-state index contributed by atoms with van der Waals surface area (Å²) in [6.07, 6.45) is 0.845. The second-order valence-corrected chi connectivity index (χ2v) is 5.51. The Balaban J connectivity index is 2.65. The zero-order chi connectivity index (χ0) is 11.8. The summed E-state index contributed by atoms with van der Waals surface area (Å²) in [5, 5.41) is 12.1. The first kappa shape index (κ1) is 14.0. The number of aliphatic hydroxyl groups excluding tert-OH is 1. The van der Waals surface area contributed by atoms with Crippen molar-refractivity contribution in [3.8, 4) is 0 Å². The molecule has 0 heterocycles. The predicted molar refractivity (Wildman–Crippen MR) is 73.9 cm³/mol. The Labute approximate surface area is 110 Å². The highest BCUT2D eigenvalue weighted by Gasteiger charge is 2.03. The van der Waals surface area contributed by atoms with Crippen LogP contribution in [0, 0.1) is 0 Å². The van der Waals surface area contributed by atoms with Gasteiger partial charge in [-0.3, -0.25) is 0 Å². The van der Waals surface area contributed by atoms with E-state index in [2.05, 4.69) is 46.4 Å². The quantitative estimate of drug-likeness (QED) is 0.600. The lowest BCUT2D eigenvalue weighted by atomic mass is 10.2. The fourth-order valence-electron chi connectivity index (χ4n) is 1.32. The van der Waals surface area contributed by atoms with Crippen LogP contribution in [-0.4, -0.2) is 24.0 Å². The second kappa shape index (κ2) is 8.12. The molecule has 0 spiro atoms. The van der Waals surface area contributed by atoms with Gasteiger partial charge in [0.05, 0.1) is 0 Å². The summed E-state index contributed by atoms with van der Waals surface area (Å²) >= 11 is 5.30. The van der Waals surface area contributed by atoms with Gasteiger partial charge >= 0.3 is 0 Å². The Morgan fingerprint density at radius 2 is 2.25 bits per heavy atom. The summed E-state index contributed by atoms with van der Waals surface area (Å²) in [6, 6.07) is 6.37. The highest BCUT2D eigenvalue weighted by molar-refractivity contribution is 9.10. The van der Waals surface area contributed by atoms with Crippen molar-refractivity contribution in [2.45, 2.75) is 24.8 Å². The van der Waals surface area contributed by atoms with Crippen LogP contribution in [-0.2, 0) is 6.54 Å². The molecule has 0 saturated heterocycles. The summed E-state index contributed by atoms with van der Waals surface area (Å²) < 4.78 is 1.11. The highest BCUT2D eigenvalue weighted by atomic mass is 79.9. The molecule has 0 aliphatic heterocycles. The summed E-state index contributed by atoms with van der Waals surface area (Å²) in [6.45, 7) is 4.27. The summed E-state index contributed by atoms with van der Waals surface area (Å²) in [5.74, 6) is 0.964. The molecule has 0 radical (unpaired) electrons. The molecule has 0 unspecified atom stereocenters. The first-order chi connectivity index (χ1) is 7.77. The molecule has 1 aromatic rings. The van der Waals surface area contributed by atoms with E-state index < -0.39 is 0 Å². The van der Waals surface area contributed by atoms with Gasteiger partial charge in [0.1, 0.15) is 0 Å². The molecule has 1 rings (SSSR count). The normalized spacial score (nSPS) is 10.7. The van der Waals surface area contributed by atoms with E-state index in [4.69, 9.17) is 5.11 Å². The number of benzene rings is 1. The predicted octanol–water partition coefficient (Wildman–Crippen LogP) is 3.03. The smallest absolute Gasteiger partial charge is 0.0439 e. The van der Waals surface area contributed by atoms with Crippen LogP contribution in [0.15, 0.2) is 27.6 Å². The van der Waals surface area contributed by atoms with Gasteiger partial charge in [-0.2, -0.15) is 0 Å². The zero-order valence-electron chi connectivity index (χ0n) is 9.50. The third-order valence-electron chi connectivity index (χ3n) is 2.15. The van der Waals surface area contributed by atoms with E-state index in [9.17, 15) is 0 Å². The Hall–Kier alpha value is -0.0300. The molecule has 0 fully saturated rings. The van der Waals surface area contributed by atoms with E-state index >= 15 is 0 Å². The maximum Gasteiger partial charge on any atom is 0.0439 e. The lowest BCUT2D eigenvalue weighted by Gasteiger charge is -2.10. The molecule has 0 atom stereocenters. The van der Waals surface area contributed by atoms with Crippen molar-refractivity contribution in [1.82, 2.24) is 5.32 Å². The van der Waals surface area contributed by atoms with Crippen LogP contribution in [0.1, 0.15) is 18.9 Å². The van der Waals surface area contributed by atoms with Crippen molar-refractivity contribution in [3.05, 3.63) is 28.2 Å². The number of nitrogens with one attached hydrogen (secondary N) is 1. The molecule has 0 aliphatic carbocycles. The fourth-order valence-corrected chi connectivity index (χ4v) is 2.86. The van der Waals surface area contributed by atoms with Gasteiger partial charge in [0.15, 0.2) is 0 Å². The number of thioether (sulfide) groups is 1. The van der Waals surface area contributed by atoms with Gasteiger partial charge in [0, 0.05) is 28.3 Å². The Morgan fingerprint density at radius 1 is 1.44 bits per heavy atom. The molecule has 90 valence electrons. The summed E-state index contributed by atoms with van der Waals surface area (Å²) in [5.41, 5.74) is 1.33.